The smallest absolute Gasteiger partial charge is 0.172 e. The van der Waals surface area contributed by atoms with Crippen molar-refractivity contribution in [3.63, 3.8) is 0 Å². The Kier molecular flexibility index (Phi) is 4.50. The molecule has 2 aromatic rings. The predicted octanol–water partition coefficient (Wildman–Crippen LogP) is 2.37. The first kappa shape index (κ1) is 14.0. The van der Waals surface area contributed by atoms with Gasteiger partial charge in [-0.25, -0.2) is 9.67 Å². The third kappa shape index (κ3) is 3.75. The van der Waals surface area contributed by atoms with Crippen LogP contribution in [0.3, 0.4) is 0 Å². The lowest BCUT2D eigenvalue weighted by Crippen LogP contribution is -2.20. The van der Waals surface area contributed by atoms with Gasteiger partial charge in [-0.05, 0) is 19.4 Å². The van der Waals surface area contributed by atoms with Crippen LogP contribution in [0.4, 0.5) is 0 Å². The van der Waals surface area contributed by atoms with Crippen molar-refractivity contribution in [3.05, 3.63) is 35.0 Å². The maximum Gasteiger partial charge on any atom is 0.172 e. The van der Waals surface area contributed by atoms with Crippen LogP contribution in [0.25, 0.3) is 5.82 Å². The van der Waals surface area contributed by atoms with Crippen molar-refractivity contribution in [3.8, 4) is 5.82 Å². The van der Waals surface area contributed by atoms with Gasteiger partial charge in [0.2, 0.25) is 0 Å². The van der Waals surface area contributed by atoms with Crippen molar-refractivity contribution < 1.29 is 0 Å². The molecule has 0 aliphatic carbocycles. The second kappa shape index (κ2) is 6.12. The number of nitrogens with one attached hydrogen (secondary N) is 1. The lowest BCUT2D eigenvalue weighted by Gasteiger charge is -2.07. The van der Waals surface area contributed by atoms with E-state index >= 15 is 0 Å². The molecular weight excluding hydrogens is 262 g/mol. The molecular formula is C13H18ClN5. The van der Waals surface area contributed by atoms with Gasteiger partial charge in [-0.3, -0.25) is 4.98 Å². The molecule has 0 aromatic carbocycles. The highest BCUT2D eigenvalue weighted by Crippen LogP contribution is 2.14. The van der Waals surface area contributed by atoms with E-state index in [0.717, 1.165) is 17.9 Å². The monoisotopic (exact) mass is 279 g/mol. The topological polar surface area (TPSA) is 55.6 Å². The third-order valence-corrected chi connectivity index (χ3v) is 2.98. The van der Waals surface area contributed by atoms with Gasteiger partial charge in [0.05, 0.1) is 28.8 Å². The lowest BCUT2D eigenvalue weighted by molar-refractivity contribution is 0.547. The molecule has 0 atom stereocenters. The number of rotatable bonds is 5. The number of aryl methyl sites for hydroxylation is 1. The molecule has 1 N–H and O–H groups in total. The summed E-state index contributed by atoms with van der Waals surface area (Å²) in [4.78, 5) is 8.70. The molecule has 5 nitrogen and oxygen atoms in total. The molecule has 0 saturated carbocycles. The molecule has 102 valence electrons. The summed E-state index contributed by atoms with van der Waals surface area (Å²) in [6.07, 6.45) is 5.18. The third-order valence-electron chi connectivity index (χ3n) is 2.60. The fraction of sp³-hybridized carbons (Fsp3) is 0.462. The first-order valence-corrected chi connectivity index (χ1v) is 6.68. The van der Waals surface area contributed by atoms with Crippen LogP contribution >= 0.6 is 11.6 Å². The highest BCUT2D eigenvalue weighted by Gasteiger charge is 2.06. The largest absolute Gasteiger partial charge is 0.311 e. The van der Waals surface area contributed by atoms with E-state index in [-0.39, 0.29) is 0 Å². The van der Waals surface area contributed by atoms with Crippen molar-refractivity contribution in [2.24, 2.45) is 5.92 Å². The van der Waals surface area contributed by atoms with Crippen LogP contribution in [-0.2, 0) is 6.54 Å². The van der Waals surface area contributed by atoms with E-state index in [2.05, 4.69) is 34.2 Å². The number of aromatic nitrogens is 4. The van der Waals surface area contributed by atoms with Crippen molar-refractivity contribution in [1.29, 1.82) is 0 Å². The van der Waals surface area contributed by atoms with E-state index in [1.54, 1.807) is 23.3 Å². The Morgan fingerprint density at radius 1 is 1.37 bits per heavy atom. The molecule has 0 bridgehead atoms. The average molecular weight is 280 g/mol. The highest BCUT2D eigenvalue weighted by molar-refractivity contribution is 6.31. The average Bonchev–Trinajstić information content (AvgIpc) is 2.70. The van der Waals surface area contributed by atoms with Crippen molar-refractivity contribution in [2.45, 2.75) is 27.3 Å². The first-order valence-electron chi connectivity index (χ1n) is 6.30. The van der Waals surface area contributed by atoms with Gasteiger partial charge in [0.25, 0.3) is 0 Å². The Labute approximate surface area is 118 Å². The summed E-state index contributed by atoms with van der Waals surface area (Å²) in [6.45, 7) is 7.86. The minimum atomic E-state index is 0.615. The molecule has 0 amide bonds. The molecule has 0 fully saturated rings. The van der Waals surface area contributed by atoms with Gasteiger partial charge in [-0.15, -0.1) is 0 Å². The minimum absolute atomic E-state index is 0.615. The lowest BCUT2D eigenvalue weighted by atomic mass is 10.2. The van der Waals surface area contributed by atoms with Gasteiger partial charge in [0.1, 0.15) is 0 Å². The zero-order valence-electron chi connectivity index (χ0n) is 11.4. The van der Waals surface area contributed by atoms with Gasteiger partial charge in [0, 0.05) is 12.7 Å². The Morgan fingerprint density at radius 3 is 2.79 bits per heavy atom. The Bertz CT molecular complexity index is 530. The summed E-state index contributed by atoms with van der Waals surface area (Å²) >= 11 is 5.99. The van der Waals surface area contributed by atoms with Crippen LogP contribution in [-0.4, -0.2) is 26.3 Å². The zero-order valence-corrected chi connectivity index (χ0v) is 12.1. The van der Waals surface area contributed by atoms with Gasteiger partial charge in [-0.1, -0.05) is 25.4 Å². The van der Waals surface area contributed by atoms with E-state index in [4.69, 9.17) is 11.6 Å². The Balaban J connectivity index is 2.10. The van der Waals surface area contributed by atoms with Crippen LogP contribution in [0.2, 0.25) is 5.02 Å². The summed E-state index contributed by atoms with van der Waals surface area (Å²) in [5, 5.41) is 8.26. The normalized spacial score (nSPS) is 11.2. The molecule has 0 unspecified atom stereocenters. The molecule has 2 heterocycles. The standard InChI is InChI=1S/C13H18ClN5/c1-9(2)4-15-5-11-6-16-7-13(17-11)19-8-12(14)10(3)18-19/h6-9,15H,4-5H2,1-3H3. The zero-order chi connectivity index (χ0) is 13.8. The number of nitrogens with zero attached hydrogens (tertiary/aromatic N) is 4. The molecule has 0 saturated heterocycles. The second-order valence-electron chi connectivity index (χ2n) is 4.90. The van der Waals surface area contributed by atoms with Gasteiger partial charge >= 0.3 is 0 Å². The van der Waals surface area contributed by atoms with E-state index in [1.807, 2.05) is 6.92 Å². The molecule has 0 aliphatic rings. The summed E-state index contributed by atoms with van der Waals surface area (Å²) in [7, 11) is 0. The SMILES string of the molecule is Cc1nn(-c2cncc(CNCC(C)C)n2)cc1Cl. The Hall–Kier alpha value is -1.46. The fourth-order valence-electron chi connectivity index (χ4n) is 1.64. The van der Waals surface area contributed by atoms with E-state index in [1.165, 1.54) is 0 Å². The number of halogens is 1. The molecule has 2 aromatic heterocycles. The van der Waals surface area contributed by atoms with Crippen molar-refractivity contribution in [2.75, 3.05) is 6.54 Å². The quantitative estimate of drug-likeness (QED) is 0.913. The molecule has 0 radical (unpaired) electrons. The van der Waals surface area contributed by atoms with Crippen LogP contribution in [0.15, 0.2) is 18.6 Å². The van der Waals surface area contributed by atoms with Gasteiger partial charge in [-0.2, -0.15) is 5.10 Å². The van der Waals surface area contributed by atoms with Crippen LogP contribution < -0.4 is 5.32 Å². The van der Waals surface area contributed by atoms with Crippen molar-refractivity contribution in [1.82, 2.24) is 25.1 Å². The first-order chi connectivity index (χ1) is 9.06. The van der Waals surface area contributed by atoms with Crippen LogP contribution in [0.5, 0.6) is 0 Å². The fourth-order valence-corrected chi connectivity index (χ4v) is 1.77. The summed E-state index contributed by atoms with van der Waals surface area (Å²) in [5.74, 6) is 1.29. The maximum atomic E-state index is 5.99. The van der Waals surface area contributed by atoms with Crippen LogP contribution in [0, 0.1) is 12.8 Å². The highest BCUT2D eigenvalue weighted by atomic mass is 35.5. The van der Waals surface area contributed by atoms with E-state index in [9.17, 15) is 0 Å². The molecule has 6 heteroatoms. The van der Waals surface area contributed by atoms with Gasteiger partial charge in [0.15, 0.2) is 5.82 Å². The number of hydrogen-bond donors (Lipinski definition) is 1. The second-order valence-corrected chi connectivity index (χ2v) is 5.31. The Morgan fingerprint density at radius 2 is 2.16 bits per heavy atom. The van der Waals surface area contributed by atoms with Crippen molar-refractivity contribution >= 4 is 11.6 Å². The number of hydrogen-bond acceptors (Lipinski definition) is 4. The summed E-state index contributed by atoms with van der Waals surface area (Å²) in [6, 6.07) is 0. The summed E-state index contributed by atoms with van der Waals surface area (Å²) in [5.41, 5.74) is 1.68. The summed E-state index contributed by atoms with van der Waals surface area (Å²) < 4.78 is 1.65. The molecule has 0 spiro atoms. The van der Waals surface area contributed by atoms with E-state index in [0.29, 0.717) is 23.3 Å². The predicted molar refractivity (Wildman–Crippen MR) is 75.4 cm³/mol. The van der Waals surface area contributed by atoms with Gasteiger partial charge < -0.3 is 5.32 Å². The molecule has 0 aliphatic heterocycles. The maximum absolute atomic E-state index is 5.99. The molecule has 19 heavy (non-hydrogen) atoms. The van der Waals surface area contributed by atoms with E-state index < -0.39 is 0 Å². The minimum Gasteiger partial charge on any atom is -0.311 e. The van der Waals surface area contributed by atoms with Crippen LogP contribution in [0.1, 0.15) is 25.2 Å². The molecule has 2 rings (SSSR count).